The van der Waals surface area contributed by atoms with Crippen molar-refractivity contribution in [2.45, 2.75) is 84.1 Å². The number of carbonyl (C=O) groups is 4. The lowest BCUT2D eigenvalue weighted by Crippen LogP contribution is -2.52. The van der Waals surface area contributed by atoms with Crippen LogP contribution in [0.25, 0.3) is 0 Å². The smallest absolute Gasteiger partial charge is 0.319 e. The van der Waals surface area contributed by atoms with Gasteiger partial charge in [0.15, 0.2) is 8.32 Å². The summed E-state index contributed by atoms with van der Waals surface area (Å²) in [4.78, 5) is 50.5. The Bertz CT molecular complexity index is 1670. The molecule has 3 N–H and O–H groups in total. The van der Waals surface area contributed by atoms with Crippen LogP contribution in [-0.4, -0.2) is 43.0 Å². The summed E-state index contributed by atoms with van der Waals surface area (Å²) in [5, 5.41) is 7.83. The van der Waals surface area contributed by atoms with Crippen LogP contribution in [-0.2, 0) is 40.3 Å². The summed E-state index contributed by atoms with van der Waals surface area (Å²) < 4.78 is 27.2. The highest BCUT2D eigenvalue weighted by molar-refractivity contribution is 6.74. The van der Waals surface area contributed by atoms with Gasteiger partial charge in [-0.15, -0.1) is 0 Å². The van der Waals surface area contributed by atoms with Crippen LogP contribution in [0.4, 0.5) is 14.9 Å². The van der Waals surface area contributed by atoms with Crippen molar-refractivity contribution in [3.8, 4) is 5.75 Å². The third-order valence-electron chi connectivity index (χ3n) is 9.03. The number of nitrogens with one attached hydrogen (secondary N) is 3. The highest BCUT2D eigenvalue weighted by Gasteiger charge is 2.40. The summed E-state index contributed by atoms with van der Waals surface area (Å²) in [6.45, 7) is 12.2. The molecule has 0 saturated carbocycles. The number of amides is 5. The second-order valence-corrected chi connectivity index (χ2v) is 18.3. The lowest BCUT2D eigenvalue weighted by Gasteiger charge is -2.36. The molecule has 2 aliphatic heterocycles. The lowest BCUT2D eigenvalue weighted by atomic mass is 10.0. The Hall–Kier alpha value is -4.55. The fourth-order valence-corrected chi connectivity index (χ4v) is 6.15. The number of ether oxygens (including phenoxy) is 1. The fraction of sp³-hybridized carbons (Fsp3) is 0.371. The lowest BCUT2D eigenvalue weighted by molar-refractivity contribution is -0.136. The van der Waals surface area contributed by atoms with Gasteiger partial charge in [-0.1, -0.05) is 51.1 Å². The molecule has 1 fully saturated rings. The van der Waals surface area contributed by atoms with Crippen molar-refractivity contribution in [3.05, 3.63) is 94.3 Å². The van der Waals surface area contributed by atoms with Gasteiger partial charge in [0.25, 0.3) is 5.91 Å². The summed E-state index contributed by atoms with van der Waals surface area (Å²) >= 11 is 0. The Kier molecular flexibility index (Phi) is 9.83. The molecule has 0 aromatic heterocycles. The maximum Gasteiger partial charge on any atom is 0.319 e. The van der Waals surface area contributed by atoms with Crippen molar-refractivity contribution >= 4 is 37.8 Å². The summed E-state index contributed by atoms with van der Waals surface area (Å²) in [5.74, 6) is -1.61. The zero-order valence-electron chi connectivity index (χ0n) is 27.4. The normalized spacial score (nSPS) is 16.5. The van der Waals surface area contributed by atoms with E-state index < -0.39 is 43.9 Å². The number of imide groups is 1. The summed E-state index contributed by atoms with van der Waals surface area (Å²) in [5.41, 5.74) is 3.51. The summed E-state index contributed by atoms with van der Waals surface area (Å²) in [6, 6.07) is 16.7. The van der Waals surface area contributed by atoms with Gasteiger partial charge in [0.05, 0.1) is 12.2 Å². The predicted octanol–water partition coefficient (Wildman–Crippen LogP) is 6.01. The molecule has 1 unspecified atom stereocenters. The molecule has 5 amide bonds. The number of fused-ring (bicyclic) bond motifs is 1. The minimum atomic E-state index is -1.81. The molecule has 0 bridgehead atoms. The number of rotatable bonds is 10. The molecular formula is C35H41FN4O6Si. The Balaban J connectivity index is 1.08. The molecule has 12 heteroatoms. The molecule has 2 aliphatic rings. The van der Waals surface area contributed by atoms with Crippen LogP contribution >= 0.6 is 0 Å². The largest absolute Gasteiger partial charge is 0.489 e. The first-order valence-electron chi connectivity index (χ1n) is 15.7. The first-order valence-corrected chi connectivity index (χ1v) is 18.6. The molecule has 1 atom stereocenters. The molecular weight excluding hydrogens is 619 g/mol. The average molecular weight is 661 g/mol. The van der Waals surface area contributed by atoms with Gasteiger partial charge in [-0.05, 0) is 77.1 Å². The van der Waals surface area contributed by atoms with Gasteiger partial charge in [-0.25, -0.2) is 9.18 Å². The van der Waals surface area contributed by atoms with Crippen LogP contribution in [0.3, 0.4) is 0 Å². The highest BCUT2D eigenvalue weighted by Crippen LogP contribution is 2.37. The number of hydrogen-bond acceptors (Lipinski definition) is 6. The molecule has 3 aromatic rings. The van der Waals surface area contributed by atoms with Crippen LogP contribution in [0.15, 0.2) is 60.7 Å². The molecule has 1 saturated heterocycles. The quantitative estimate of drug-likeness (QED) is 0.181. The van der Waals surface area contributed by atoms with E-state index in [2.05, 4.69) is 61.9 Å². The van der Waals surface area contributed by atoms with E-state index >= 15 is 0 Å². The number of carbonyl (C=O) groups excluding carboxylic acids is 4. The number of nitrogens with zero attached hydrogens (tertiary/aromatic N) is 1. The summed E-state index contributed by atoms with van der Waals surface area (Å²) in [7, 11) is -1.81. The van der Waals surface area contributed by atoms with Crippen LogP contribution in [0.1, 0.15) is 66.2 Å². The monoisotopic (exact) mass is 660 g/mol. The van der Waals surface area contributed by atoms with Gasteiger partial charge in [-0.3, -0.25) is 19.7 Å². The number of benzene rings is 3. The number of piperidine rings is 1. The fourth-order valence-electron chi connectivity index (χ4n) is 5.19. The van der Waals surface area contributed by atoms with E-state index in [1.165, 1.54) is 11.0 Å². The van der Waals surface area contributed by atoms with Gasteiger partial charge in [-0.2, -0.15) is 0 Å². The van der Waals surface area contributed by atoms with E-state index in [1.807, 2.05) is 12.1 Å². The molecule has 5 rings (SSSR count). The Morgan fingerprint density at radius 1 is 0.979 bits per heavy atom. The maximum atomic E-state index is 15.0. The van der Waals surface area contributed by atoms with Crippen molar-refractivity contribution in [2.75, 3.05) is 5.32 Å². The highest BCUT2D eigenvalue weighted by atomic mass is 28.4. The van der Waals surface area contributed by atoms with Crippen molar-refractivity contribution in [2.24, 2.45) is 0 Å². The third-order valence-corrected chi connectivity index (χ3v) is 13.5. The van der Waals surface area contributed by atoms with E-state index in [0.29, 0.717) is 35.8 Å². The number of hydrogen-bond donors (Lipinski definition) is 3. The number of urea groups is 1. The van der Waals surface area contributed by atoms with E-state index in [1.54, 1.807) is 30.3 Å². The minimum absolute atomic E-state index is 0.0189. The van der Waals surface area contributed by atoms with Crippen molar-refractivity contribution < 1.29 is 32.7 Å². The van der Waals surface area contributed by atoms with E-state index in [4.69, 9.17) is 9.16 Å². The minimum Gasteiger partial charge on any atom is -0.489 e. The molecule has 3 aromatic carbocycles. The van der Waals surface area contributed by atoms with Crippen LogP contribution in [0.2, 0.25) is 18.1 Å². The van der Waals surface area contributed by atoms with Crippen LogP contribution < -0.4 is 20.7 Å². The van der Waals surface area contributed by atoms with E-state index in [0.717, 1.165) is 11.1 Å². The second kappa shape index (κ2) is 13.7. The van der Waals surface area contributed by atoms with E-state index in [9.17, 15) is 23.6 Å². The molecule has 0 aliphatic carbocycles. The molecule has 0 spiro atoms. The van der Waals surface area contributed by atoms with Gasteiger partial charge in [0, 0.05) is 25.2 Å². The van der Waals surface area contributed by atoms with Gasteiger partial charge >= 0.3 is 6.03 Å². The Labute approximate surface area is 275 Å². The van der Waals surface area contributed by atoms with Crippen molar-refractivity contribution in [3.63, 3.8) is 0 Å². The Morgan fingerprint density at radius 2 is 1.64 bits per heavy atom. The van der Waals surface area contributed by atoms with Gasteiger partial charge in [0.1, 0.15) is 24.2 Å². The first kappa shape index (κ1) is 33.8. The molecule has 47 heavy (non-hydrogen) atoms. The summed E-state index contributed by atoms with van der Waals surface area (Å²) in [6.07, 6.45) is 0.303. The van der Waals surface area contributed by atoms with Crippen molar-refractivity contribution in [1.29, 1.82) is 0 Å². The molecule has 248 valence electrons. The molecule has 0 radical (unpaired) electrons. The standard InChI is InChI=1S/C35H41FN4O6Si/c1-35(2,3)47(4,5)46-21-23-8-6-22(7-9-23)20-45-27-12-10-26(11-13-27)38-34(44)37-18-24-16-25-19-40(33(43)31(25)28(36)17-24)29-14-15-30(41)39-32(29)42/h6-13,16-17,29H,14-15,18-21H2,1-5H3,(H2,37,38,44)(H,39,41,42). The maximum absolute atomic E-state index is 15.0. The van der Waals surface area contributed by atoms with Gasteiger partial charge < -0.3 is 24.7 Å². The Morgan fingerprint density at radius 3 is 2.28 bits per heavy atom. The van der Waals surface area contributed by atoms with Crippen LogP contribution in [0, 0.1) is 5.82 Å². The topological polar surface area (TPSA) is 126 Å². The average Bonchev–Trinajstić information content (AvgIpc) is 3.34. The third kappa shape index (κ3) is 8.06. The van der Waals surface area contributed by atoms with E-state index in [-0.39, 0.29) is 36.5 Å². The number of anilines is 1. The van der Waals surface area contributed by atoms with Crippen molar-refractivity contribution in [1.82, 2.24) is 15.5 Å². The van der Waals surface area contributed by atoms with Crippen LogP contribution in [0.5, 0.6) is 5.75 Å². The SMILES string of the molecule is CC(C)(C)[Si](C)(C)OCc1ccc(COc2ccc(NC(=O)NCc3cc(F)c4c(c3)CN(C3CCC(=O)NC3=O)C4=O)cc2)cc1. The first-order chi connectivity index (χ1) is 22.2. The van der Waals surface area contributed by atoms with Gasteiger partial charge in [0.2, 0.25) is 11.8 Å². The molecule has 2 heterocycles. The zero-order chi connectivity index (χ0) is 33.9. The second-order valence-electron chi connectivity index (χ2n) is 13.5. The zero-order valence-corrected chi connectivity index (χ0v) is 28.4. The molecule has 10 nitrogen and oxygen atoms in total. The predicted molar refractivity (Wildman–Crippen MR) is 178 cm³/mol. The number of halogens is 1.